The van der Waals surface area contributed by atoms with Gasteiger partial charge in [-0.2, -0.15) is 5.10 Å². The van der Waals surface area contributed by atoms with Crippen molar-refractivity contribution in [1.82, 2.24) is 24.4 Å². The lowest BCUT2D eigenvalue weighted by Gasteiger charge is -2.35. The molecule has 1 aliphatic rings. The topological polar surface area (TPSA) is 155 Å². The molecule has 1 aromatic carbocycles. The van der Waals surface area contributed by atoms with Gasteiger partial charge in [0.1, 0.15) is 28.9 Å². The number of aromatic nitrogens is 3. The number of carbonyl (C=O) groups is 3. The molecule has 210 valence electrons. The van der Waals surface area contributed by atoms with Crippen LogP contribution in [0.4, 0.5) is 10.6 Å². The monoisotopic (exact) mass is 565 g/mol. The highest BCUT2D eigenvalue weighted by molar-refractivity contribution is 7.22. The fourth-order valence-corrected chi connectivity index (χ4v) is 6.04. The second-order valence-electron chi connectivity index (χ2n) is 10.5. The molecule has 0 aliphatic carbocycles. The minimum Gasteiger partial charge on any atom is -0.545 e. The van der Waals surface area contributed by atoms with Gasteiger partial charge in [0.2, 0.25) is 0 Å². The quantitative estimate of drug-likeness (QED) is 0.393. The summed E-state index contributed by atoms with van der Waals surface area (Å²) in [6.07, 6.45) is 0.695. The number of anilines is 1. The van der Waals surface area contributed by atoms with Crippen molar-refractivity contribution in [2.45, 2.75) is 33.3 Å². The first-order valence-electron chi connectivity index (χ1n) is 12.6. The summed E-state index contributed by atoms with van der Waals surface area (Å²) in [6, 6.07) is 5.69. The van der Waals surface area contributed by atoms with Crippen LogP contribution in [0.3, 0.4) is 0 Å². The molecule has 3 aromatic heterocycles. The van der Waals surface area contributed by atoms with E-state index in [0.29, 0.717) is 10.6 Å². The van der Waals surface area contributed by atoms with E-state index >= 15 is 0 Å². The van der Waals surface area contributed by atoms with Crippen LogP contribution >= 0.6 is 11.3 Å². The lowest BCUT2D eigenvalue weighted by Crippen LogP contribution is -2.52. The van der Waals surface area contributed by atoms with Crippen molar-refractivity contribution in [2.75, 3.05) is 39.0 Å². The molecule has 1 fully saturated rings. The maximum Gasteiger partial charge on any atom is 0.410 e. The number of nitrogen functional groups attached to an aromatic ring is 1. The molecule has 12 nitrogen and oxygen atoms in total. The summed E-state index contributed by atoms with van der Waals surface area (Å²) in [5, 5.41) is 17.7. The van der Waals surface area contributed by atoms with Crippen molar-refractivity contribution < 1.29 is 29.0 Å². The van der Waals surface area contributed by atoms with Crippen LogP contribution in [0.5, 0.6) is 5.75 Å². The number of ether oxygens (including phenoxy) is 2. The standard InChI is InChI=1S/C27H30N6O6S/c1-14-10-15-12-17(40-22(15)16(11-14)38-5)18-19(25(35)36)21(33-20(18)23(28)29-13-30-33)24(34)31-6-8-32(9-7-31)26(37)39-27(2,3)4/h10-13H,6-9H2,1-5H3,(H,35,36)(H2,28,29,30)/p-1. The Hall–Kier alpha value is -4.39. The summed E-state index contributed by atoms with van der Waals surface area (Å²) >= 11 is 1.31. The minimum atomic E-state index is -1.55. The zero-order valence-corrected chi connectivity index (χ0v) is 23.6. The normalized spacial score (nSPS) is 14.1. The van der Waals surface area contributed by atoms with E-state index in [1.807, 2.05) is 25.1 Å². The molecular weight excluding hydrogens is 536 g/mol. The summed E-state index contributed by atoms with van der Waals surface area (Å²) in [4.78, 5) is 46.7. The van der Waals surface area contributed by atoms with Gasteiger partial charge in [-0.3, -0.25) is 4.79 Å². The highest BCUT2D eigenvalue weighted by atomic mass is 32.1. The van der Waals surface area contributed by atoms with Gasteiger partial charge in [-0.1, -0.05) is 6.07 Å². The van der Waals surface area contributed by atoms with Gasteiger partial charge in [0.25, 0.3) is 5.91 Å². The van der Waals surface area contributed by atoms with E-state index in [1.54, 1.807) is 27.9 Å². The Labute approximate surface area is 233 Å². The van der Waals surface area contributed by atoms with Gasteiger partial charge in [0.05, 0.1) is 17.8 Å². The number of hydrogen-bond donors (Lipinski definition) is 1. The molecule has 4 aromatic rings. The number of nitrogens with zero attached hydrogens (tertiary/aromatic N) is 5. The number of nitrogens with two attached hydrogens (primary N) is 1. The van der Waals surface area contributed by atoms with Crippen LogP contribution in [0.1, 0.15) is 47.2 Å². The maximum atomic E-state index is 13.9. The van der Waals surface area contributed by atoms with Crippen LogP contribution in [-0.2, 0) is 4.74 Å². The van der Waals surface area contributed by atoms with E-state index in [9.17, 15) is 19.5 Å². The largest absolute Gasteiger partial charge is 0.545 e. The predicted molar refractivity (Wildman–Crippen MR) is 148 cm³/mol. The number of thiophene rings is 1. The zero-order chi connectivity index (χ0) is 28.9. The average molecular weight is 566 g/mol. The first-order valence-corrected chi connectivity index (χ1v) is 13.4. The van der Waals surface area contributed by atoms with Crippen LogP contribution in [0.2, 0.25) is 0 Å². The zero-order valence-electron chi connectivity index (χ0n) is 22.8. The minimum absolute atomic E-state index is 0.0156. The third-order valence-corrected chi connectivity index (χ3v) is 7.75. The lowest BCUT2D eigenvalue weighted by molar-refractivity contribution is -0.255. The molecule has 0 unspecified atom stereocenters. The second-order valence-corrected chi connectivity index (χ2v) is 11.6. The summed E-state index contributed by atoms with van der Waals surface area (Å²) in [5.41, 5.74) is 6.45. The van der Waals surface area contributed by atoms with Gasteiger partial charge in [-0.15, -0.1) is 11.3 Å². The number of piperazine rings is 1. The fourth-order valence-electron chi connectivity index (χ4n) is 4.86. The van der Waals surface area contributed by atoms with E-state index in [1.165, 1.54) is 32.0 Å². The molecule has 0 bridgehead atoms. The molecule has 5 rings (SSSR count). The number of aromatic carboxylic acids is 1. The number of carboxylic acids is 1. The summed E-state index contributed by atoms with van der Waals surface area (Å²) in [5.74, 6) is -1.46. The average Bonchev–Trinajstić information content (AvgIpc) is 3.46. The first kappa shape index (κ1) is 27.2. The van der Waals surface area contributed by atoms with Crippen molar-refractivity contribution in [2.24, 2.45) is 0 Å². The molecule has 13 heteroatoms. The van der Waals surface area contributed by atoms with E-state index in [-0.39, 0.29) is 54.3 Å². The molecule has 0 saturated carbocycles. The maximum absolute atomic E-state index is 13.9. The molecule has 1 aliphatic heterocycles. The van der Waals surface area contributed by atoms with Crippen LogP contribution in [0.25, 0.3) is 26.0 Å². The molecule has 1 saturated heterocycles. The van der Waals surface area contributed by atoms with E-state index in [2.05, 4.69) is 10.1 Å². The fraction of sp³-hybridized carbons (Fsp3) is 0.370. The van der Waals surface area contributed by atoms with Crippen LogP contribution in [-0.4, -0.2) is 81.3 Å². The van der Waals surface area contributed by atoms with Crippen molar-refractivity contribution >= 4 is 50.7 Å². The molecular formula is C27H29N6O6S-. The predicted octanol–water partition coefficient (Wildman–Crippen LogP) is 2.57. The van der Waals surface area contributed by atoms with Crippen molar-refractivity contribution in [3.63, 3.8) is 0 Å². The number of carboxylic acid groups (broad SMARTS) is 1. The van der Waals surface area contributed by atoms with Gasteiger partial charge >= 0.3 is 6.09 Å². The molecule has 0 spiro atoms. The highest BCUT2D eigenvalue weighted by Crippen LogP contribution is 2.44. The summed E-state index contributed by atoms with van der Waals surface area (Å²) in [7, 11) is 1.57. The number of amides is 2. The van der Waals surface area contributed by atoms with E-state index < -0.39 is 23.6 Å². The third kappa shape index (κ3) is 4.76. The third-order valence-electron chi connectivity index (χ3n) is 6.57. The molecule has 0 atom stereocenters. The van der Waals surface area contributed by atoms with Gasteiger partial charge in [-0.05, 0) is 50.8 Å². The van der Waals surface area contributed by atoms with Gasteiger partial charge in [-0.25, -0.2) is 14.3 Å². The number of fused-ring (bicyclic) bond motifs is 2. The highest BCUT2D eigenvalue weighted by Gasteiger charge is 2.34. The Morgan fingerprint density at radius 3 is 2.38 bits per heavy atom. The van der Waals surface area contributed by atoms with Crippen LogP contribution in [0, 0.1) is 6.92 Å². The lowest BCUT2D eigenvalue weighted by atomic mass is 10.1. The Kier molecular flexibility index (Phi) is 6.78. The number of aryl methyl sites for hydroxylation is 1. The van der Waals surface area contributed by atoms with Gasteiger partial charge < -0.3 is 34.9 Å². The molecule has 2 N–H and O–H groups in total. The van der Waals surface area contributed by atoms with Crippen LogP contribution in [0.15, 0.2) is 24.5 Å². The van der Waals surface area contributed by atoms with Crippen LogP contribution < -0.4 is 15.6 Å². The first-order chi connectivity index (χ1) is 18.9. The SMILES string of the molecule is COc1cc(C)cc2cc(-c3c(C(=O)[O-])c(C(=O)N4CCN(C(=O)OC(C)(C)C)CC4)n4ncnc(N)c34)sc12. The Morgan fingerprint density at radius 1 is 1.07 bits per heavy atom. The molecule has 0 radical (unpaired) electrons. The number of rotatable bonds is 4. The smallest absolute Gasteiger partial charge is 0.410 e. The summed E-state index contributed by atoms with van der Waals surface area (Å²) in [6.45, 7) is 8.08. The second kappa shape index (κ2) is 9.97. The van der Waals surface area contributed by atoms with E-state index in [0.717, 1.165) is 15.6 Å². The van der Waals surface area contributed by atoms with E-state index in [4.69, 9.17) is 15.2 Å². The Bertz CT molecular complexity index is 1660. The van der Waals surface area contributed by atoms with Gasteiger partial charge in [0.15, 0.2) is 5.82 Å². The number of hydrogen-bond acceptors (Lipinski definition) is 10. The van der Waals surface area contributed by atoms with Gasteiger partial charge in [0, 0.05) is 42.2 Å². The molecule has 40 heavy (non-hydrogen) atoms. The van der Waals surface area contributed by atoms with Crippen molar-refractivity contribution in [3.05, 3.63) is 41.3 Å². The Balaban J connectivity index is 1.59. The number of methoxy groups -OCH3 is 1. The Morgan fingerprint density at radius 2 is 1.75 bits per heavy atom. The number of benzene rings is 1. The van der Waals surface area contributed by atoms with Crippen molar-refractivity contribution in [1.29, 1.82) is 0 Å². The summed E-state index contributed by atoms with van der Waals surface area (Å²) < 4.78 is 13.0. The molecule has 2 amide bonds. The number of carbonyl (C=O) groups excluding carboxylic acids is 3. The van der Waals surface area contributed by atoms with Crippen molar-refractivity contribution in [3.8, 4) is 16.2 Å². The molecule has 4 heterocycles.